The average molecular weight is 315 g/mol. The Hall–Kier alpha value is -2.37. The maximum absolute atomic E-state index is 5.39. The molecule has 0 radical (unpaired) electrons. The normalized spacial score (nSPS) is 11.5. The summed E-state index contributed by atoms with van der Waals surface area (Å²) in [4.78, 5) is 8.96. The maximum Gasteiger partial charge on any atom is 0.191 e. The van der Waals surface area contributed by atoms with Crippen LogP contribution in [0.25, 0.3) is 0 Å². The number of hydrogen-bond acceptors (Lipinski definition) is 4. The molecule has 2 aromatic rings. The molecule has 0 spiro atoms. The Morgan fingerprint density at radius 2 is 2.04 bits per heavy atom. The highest BCUT2D eigenvalue weighted by atomic mass is 16.5. The van der Waals surface area contributed by atoms with Gasteiger partial charge in [-0.1, -0.05) is 25.1 Å². The highest BCUT2D eigenvalue weighted by Gasteiger charge is 2.13. The van der Waals surface area contributed by atoms with E-state index in [2.05, 4.69) is 39.6 Å². The topological polar surface area (TPSA) is 75.3 Å². The molecule has 2 rings (SSSR count). The molecule has 23 heavy (non-hydrogen) atoms. The van der Waals surface area contributed by atoms with Gasteiger partial charge >= 0.3 is 0 Å². The monoisotopic (exact) mass is 315 g/mol. The molecule has 0 aliphatic heterocycles. The van der Waals surface area contributed by atoms with Crippen molar-refractivity contribution in [3.63, 3.8) is 0 Å². The van der Waals surface area contributed by atoms with Crippen molar-refractivity contribution in [1.82, 2.24) is 20.8 Å². The van der Waals surface area contributed by atoms with Crippen molar-refractivity contribution in [3.05, 3.63) is 47.1 Å². The van der Waals surface area contributed by atoms with E-state index in [1.54, 1.807) is 6.20 Å². The lowest BCUT2D eigenvalue weighted by Crippen LogP contribution is -2.37. The average Bonchev–Trinajstić information content (AvgIpc) is 3.00. The van der Waals surface area contributed by atoms with E-state index in [4.69, 9.17) is 4.52 Å². The number of guanidine groups is 1. The van der Waals surface area contributed by atoms with Gasteiger partial charge in [0.15, 0.2) is 5.96 Å². The van der Waals surface area contributed by atoms with Crippen molar-refractivity contribution in [3.8, 4) is 0 Å². The molecule has 0 unspecified atom stereocenters. The van der Waals surface area contributed by atoms with Crippen molar-refractivity contribution in [2.75, 3.05) is 6.54 Å². The highest BCUT2D eigenvalue weighted by Crippen LogP contribution is 2.16. The van der Waals surface area contributed by atoms with Crippen molar-refractivity contribution in [1.29, 1.82) is 0 Å². The van der Waals surface area contributed by atoms with Crippen LogP contribution in [0, 0.1) is 0 Å². The predicted octanol–water partition coefficient (Wildman–Crippen LogP) is 2.45. The number of pyridine rings is 1. The molecular weight excluding hydrogens is 290 g/mol. The first-order chi connectivity index (χ1) is 11.3. The molecule has 0 aromatic carbocycles. The first-order valence-electron chi connectivity index (χ1n) is 8.16. The fraction of sp³-hybridized carbons (Fsp3) is 0.471. The van der Waals surface area contributed by atoms with Gasteiger partial charge < -0.3 is 15.2 Å². The number of aryl methyl sites for hydroxylation is 2. The number of hydrogen-bond donors (Lipinski definition) is 2. The molecule has 2 heterocycles. The van der Waals surface area contributed by atoms with E-state index in [9.17, 15) is 0 Å². The second-order valence-electron chi connectivity index (χ2n) is 5.11. The van der Waals surface area contributed by atoms with Crippen LogP contribution in [0.4, 0.5) is 0 Å². The Morgan fingerprint density at radius 3 is 2.70 bits per heavy atom. The third-order valence-electron chi connectivity index (χ3n) is 3.51. The molecule has 0 aliphatic rings. The number of nitrogens with zero attached hydrogens (tertiary/aromatic N) is 3. The zero-order valence-electron chi connectivity index (χ0n) is 14.1. The fourth-order valence-electron chi connectivity index (χ4n) is 2.29. The van der Waals surface area contributed by atoms with Crippen molar-refractivity contribution < 1.29 is 4.52 Å². The van der Waals surface area contributed by atoms with Crippen LogP contribution in [0.1, 0.15) is 43.5 Å². The van der Waals surface area contributed by atoms with Gasteiger partial charge in [0.1, 0.15) is 5.76 Å². The molecular formula is C17H25N5O. The van der Waals surface area contributed by atoms with Gasteiger partial charge in [-0.3, -0.25) is 4.98 Å². The minimum Gasteiger partial charge on any atom is -0.361 e. The van der Waals surface area contributed by atoms with Gasteiger partial charge in [-0.15, -0.1) is 0 Å². The Balaban J connectivity index is 2.05. The second-order valence-corrected chi connectivity index (χ2v) is 5.11. The Labute approximate surface area is 137 Å². The van der Waals surface area contributed by atoms with Gasteiger partial charge in [0.2, 0.25) is 0 Å². The Kier molecular flexibility index (Phi) is 6.59. The number of rotatable bonds is 7. The fourth-order valence-corrected chi connectivity index (χ4v) is 2.29. The summed E-state index contributed by atoms with van der Waals surface area (Å²) in [6.07, 6.45) is 3.47. The summed E-state index contributed by atoms with van der Waals surface area (Å²) in [5.41, 5.74) is 3.07. The quantitative estimate of drug-likeness (QED) is 0.606. The van der Waals surface area contributed by atoms with Gasteiger partial charge in [0.05, 0.1) is 24.5 Å². The molecule has 0 saturated heterocycles. The molecule has 0 aliphatic carbocycles. The van der Waals surface area contributed by atoms with Crippen molar-refractivity contribution >= 4 is 5.96 Å². The first kappa shape index (κ1) is 17.0. The van der Waals surface area contributed by atoms with Crippen LogP contribution in [-0.2, 0) is 25.9 Å². The molecule has 0 bridgehead atoms. The van der Waals surface area contributed by atoms with Crippen LogP contribution >= 0.6 is 0 Å². The van der Waals surface area contributed by atoms with E-state index >= 15 is 0 Å². The van der Waals surface area contributed by atoms with E-state index in [1.807, 2.05) is 25.1 Å². The van der Waals surface area contributed by atoms with E-state index in [-0.39, 0.29) is 0 Å². The maximum atomic E-state index is 5.39. The first-order valence-corrected chi connectivity index (χ1v) is 8.16. The van der Waals surface area contributed by atoms with Crippen LogP contribution < -0.4 is 10.6 Å². The van der Waals surface area contributed by atoms with E-state index < -0.39 is 0 Å². The van der Waals surface area contributed by atoms with Gasteiger partial charge in [-0.05, 0) is 25.5 Å². The van der Waals surface area contributed by atoms with Crippen LogP contribution in [0.15, 0.2) is 33.9 Å². The van der Waals surface area contributed by atoms with E-state index in [0.29, 0.717) is 13.1 Å². The third-order valence-corrected chi connectivity index (χ3v) is 3.51. The molecule has 0 amide bonds. The zero-order chi connectivity index (χ0) is 16.5. The molecule has 124 valence electrons. The third kappa shape index (κ3) is 4.81. The largest absolute Gasteiger partial charge is 0.361 e. The highest BCUT2D eigenvalue weighted by molar-refractivity contribution is 5.79. The number of aromatic nitrogens is 2. The summed E-state index contributed by atoms with van der Waals surface area (Å²) < 4.78 is 5.39. The molecule has 2 aromatic heterocycles. The minimum absolute atomic E-state index is 0.563. The van der Waals surface area contributed by atoms with E-state index in [1.165, 1.54) is 0 Å². The van der Waals surface area contributed by atoms with Gasteiger partial charge in [0.25, 0.3) is 0 Å². The molecule has 0 atom stereocenters. The standard InChI is InChI=1S/C17H25N5O/c1-4-15-14(16(5-2)23-22-15)12-21-17(18-6-3)20-11-13-9-7-8-10-19-13/h7-10H,4-6,11-12H2,1-3H3,(H2,18,20,21). The second kappa shape index (κ2) is 8.92. The molecule has 6 nitrogen and oxygen atoms in total. The molecule has 0 fully saturated rings. The summed E-state index contributed by atoms with van der Waals surface area (Å²) in [7, 11) is 0. The lowest BCUT2D eigenvalue weighted by Gasteiger charge is -2.11. The molecule has 2 N–H and O–H groups in total. The van der Waals surface area contributed by atoms with Crippen LogP contribution in [0.3, 0.4) is 0 Å². The van der Waals surface area contributed by atoms with Gasteiger partial charge in [0, 0.05) is 24.7 Å². The summed E-state index contributed by atoms with van der Waals surface area (Å²) >= 11 is 0. The molecule has 0 saturated carbocycles. The van der Waals surface area contributed by atoms with Crippen LogP contribution in [0.2, 0.25) is 0 Å². The SMILES string of the molecule is CCNC(=NCc1c(CC)noc1CC)NCc1ccccn1. The van der Waals surface area contributed by atoms with Gasteiger partial charge in [-0.25, -0.2) is 4.99 Å². The number of nitrogens with one attached hydrogen (secondary N) is 2. The van der Waals surface area contributed by atoms with Crippen molar-refractivity contribution in [2.45, 2.75) is 46.7 Å². The number of aliphatic imine (C=N–C) groups is 1. The summed E-state index contributed by atoms with van der Waals surface area (Å²) in [5.74, 6) is 1.69. The predicted molar refractivity (Wildman–Crippen MR) is 91.2 cm³/mol. The molecule has 6 heteroatoms. The zero-order valence-corrected chi connectivity index (χ0v) is 14.1. The van der Waals surface area contributed by atoms with Crippen LogP contribution in [0.5, 0.6) is 0 Å². The summed E-state index contributed by atoms with van der Waals surface area (Å²) in [5, 5.41) is 10.7. The summed E-state index contributed by atoms with van der Waals surface area (Å²) in [6, 6.07) is 5.88. The smallest absolute Gasteiger partial charge is 0.191 e. The lowest BCUT2D eigenvalue weighted by molar-refractivity contribution is 0.380. The van der Waals surface area contributed by atoms with Crippen LogP contribution in [-0.4, -0.2) is 22.6 Å². The van der Waals surface area contributed by atoms with E-state index in [0.717, 1.165) is 48.1 Å². The van der Waals surface area contributed by atoms with Crippen molar-refractivity contribution in [2.24, 2.45) is 4.99 Å². The van der Waals surface area contributed by atoms with Gasteiger partial charge in [-0.2, -0.15) is 0 Å². The Morgan fingerprint density at radius 1 is 1.17 bits per heavy atom. The minimum atomic E-state index is 0.563. The summed E-state index contributed by atoms with van der Waals surface area (Å²) in [6.45, 7) is 8.20. The lowest BCUT2D eigenvalue weighted by atomic mass is 10.1. The Bertz CT molecular complexity index is 600.